The van der Waals surface area contributed by atoms with Gasteiger partial charge in [-0.1, -0.05) is 0 Å². The Labute approximate surface area is 144 Å². The van der Waals surface area contributed by atoms with E-state index in [0.717, 1.165) is 28.1 Å². The van der Waals surface area contributed by atoms with Crippen molar-refractivity contribution in [3.05, 3.63) is 51.2 Å². The second kappa shape index (κ2) is 5.94. The summed E-state index contributed by atoms with van der Waals surface area (Å²) in [5.74, 6) is 0.545. The average Bonchev–Trinajstić information content (AvgIpc) is 3.32. The monoisotopic (exact) mass is 338 g/mol. The predicted octanol–water partition coefficient (Wildman–Crippen LogP) is 3.51. The second-order valence-corrected chi connectivity index (χ2v) is 7.12. The van der Waals surface area contributed by atoms with Crippen LogP contribution in [0.2, 0.25) is 0 Å². The first kappa shape index (κ1) is 15.2. The third-order valence-corrected chi connectivity index (χ3v) is 5.32. The SMILES string of the molecule is Cc1nc2ccc(C(=O)NCc3csc(C4CC4)n3)cc2nc1C. The molecule has 0 spiro atoms. The molecule has 1 N–H and O–H groups in total. The molecule has 1 aliphatic rings. The number of nitrogens with one attached hydrogen (secondary N) is 1. The maximum Gasteiger partial charge on any atom is 0.251 e. The van der Waals surface area contributed by atoms with Crippen LogP contribution in [0.3, 0.4) is 0 Å². The van der Waals surface area contributed by atoms with E-state index in [2.05, 4.69) is 20.3 Å². The molecule has 0 radical (unpaired) electrons. The topological polar surface area (TPSA) is 67.8 Å². The molecule has 3 aromatic rings. The highest BCUT2D eigenvalue weighted by Crippen LogP contribution is 2.41. The zero-order valence-corrected chi connectivity index (χ0v) is 14.5. The molecular weight excluding hydrogens is 320 g/mol. The van der Waals surface area contributed by atoms with Crippen LogP contribution in [0.5, 0.6) is 0 Å². The summed E-state index contributed by atoms with van der Waals surface area (Å²) in [6, 6.07) is 5.43. The molecular formula is C18H18N4OS. The molecule has 5 nitrogen and oxygen atoms in total. The van der Waals surface area contributed by atoms with Crippen molar-refractivity contribution in [1.82, 2.24) is 20.3 Å². The minimum atomic E-state index is -0.113. The normalized spacial score (nSPS) is 14.1. The zero-order chi connectivity index (χ0) is 16.7. The Morgan fingerprint density at radius 2 is 1.92 bits per heavy atom. The fraction of sp³-hybridized carbons (Fsp3) is 0.333. The van der Waals surface area contributed by atoms with Gasteiger partial charge in [-0.05, 0) is 44.9 Å². The number of hydrogen-bond acceptors (Lipinski definition) is 5. The predicted molar refractivity (Wildman–Crippen MR) is 94.3 cm³/mol. The number of rotatable bonds is 4. The van der Waals surface area contributed by atoms with Crippen LogP contribution >= 0.6 is 11.3 Å². The van der Waals surface area contributed by atoms with Gasteiger partial charge < -0.3 is 5.32 Å². The lowest BCUT2D eigenvalue weighted by Crippen LogP contribution is -2.23. The van der Waals surface area contributed by atoms with E-state index >= 15 is 0 Å². The molecule has 0 saturated heterocycles. The van der Waals surface area contributed by atoms with E-state index in [1.165, 1.54) is 17.8 Å². The Morgan fingerprint density at radius 1 is 1.17 bits per heavy atom. The third-order valence-electron chi connectivity index (χ3n) is 4.26. The van der Waals surface area contributed by atoms with Gasteiger partial charge in [-0.15, -0.1) is 11.3 Å². The molecule has 1 amide bonds. The third kappa shape index (κ3) is 3.01. The van der Waals surface area contributed by atoms with Gasteiger partial charge in [0.2, 0.25) is 0 Å². The molecule has 2 aromatic heterocycles. The maximum atomic E-state index is 12.4. The molecule has 24 heavy (non-hydrogen) atoms. The van der Waals surface area contributed by atoms with Gasteiger partial charge in [0.1, 0.15) is 0 Å². The van der Waals surface area contributed by atoms with E-state index in [4.69, 9.17) is 0 Å². The van der Waals surface area contributed by atoms with Crippen molar-refractivity contribution in [2.24, 2.45) is 0 Å². The summed E-state index contributed by atoms with van der Waals surface area (Å²) in [5.41, 5.74) is 4.88. The molecule has 1 aromatic carbocycles. The Balaban J connectivity index is 1.48. The van der Waals surface area contributed by atoms with E-state index < -0.39 is 0 Å². The van der Waals surface area contributed by atoms with Crippen molar-refractivity contribution in [3.63, 3.8) is 0 Å². The molecule has 1 aliphatic carbocycles. The lowest BCUT2D eigenvalue weighted by molar-refractivity contribution is 0.0950. The summed E-state index contributed by atoms with van der Waals surface area (Å²) < 4.78 is 0. The number of aryl methyl sites for hydroxylation is 2. The van der Waals surface area contributed by atoms with Crippen molar-refractivity contribution in [3.8, 4) is 0 Å². The smallest absolute Gasteiger partial charge is 0.251 e. The van der Waals surface area contributed by atoms with E-state index in [-0.39, 0.29) is 5.91 Å². The summed E-state index contributed by atoms with van der Waals surface area (Å²) in [6.07, 6.45) is 2.49. The highest BCUT2D eigenvalue weighted by molar-refractivity contribution is 7.09. The van der Waals surface area contributed by atoms with Gasteiger partial charge in [-0.25, -0.2) is 15.0 Å². The molecule has 1 fully saturated rings. The van der Waals surface area contributed by atoms with Gasteiger partial charge in [-0.3, -0.25) is 4.79 Å². The van der Waals surface area contributed by atoms with E-state index in [0.29, 0.717) is 18.0 Å². The fourth-order valence-electron chi connectivity index (χ4n) is 2.57. The Hall–Kier alpha value is -2.34. The second-order valence-electron chi connectivity index (χ2n) is 6.23. The lowest BCUT2D eigenvalue weighted by Gasteiger charge is -2.06. The van der Waals surface area contributed by atoms with Crippen LogP contribution in [0.25, 0.3) is 11.0 Å². The molecule has 6 heteroatoms. The average molecular weight is 338 g/mol. The van der Waals surface area contributed by atoms with Crippen LogP contribution in [0.15, 0.2) is 23.6 Å². The number of carbonyl (C=O) groups is 1. The van der Waals surface area contributed by atoms with Crippen molar-refractivity contribution in [1.29, 1.82) is 0 Å². The Bertz CT molecular complexity index is 930. The summed E-state index contributed by atoms with van der Waals surface area (Å²) in [5, 5.41) is 6.17. The van der Waals surface area contributed by atoms with Crippen molar-refractivity contribution >= 4 is 28.3 Å². The van der Waals surface area contributed by atoms with Gasteiger partial charge >= 0.3 is 0 Å². The molecule has 0 bridgehead atoms. The molecule has 1 saturated carbocycles. The van der Waals surface area contributed by atoms with E-state index in [9.17, 15) is 4.79 Å². The van der Waals surface area contributed by atoms with Gasteiger partial charge in [-0.2, -0.15) is 0 Å². The summed E-state index contributed by atoms with van der Waals surface area (Å²) in [4.78, 5) is 26.0. The zero-order valence-electron chi connectivity index (χ0n) is 13.7. The molecule has 0 unspecified atom stereocenters. The number of hydrogen-bond donors (Lipinski definition) is 1. The Kier molecular flexibility index (Phi) is 3.76. The minimum absolute atomic E-state index is 0.113. The molecule has 122 valence electrons. The fourth-order valence-corrected chi connectivity index (χ4v) is 3.56. The van der Waals surface area contributed by atoms with Crippen LogP contribution in [0.4, 0.5) is 0 Å². The van der Waals surface area contributed by atoms with E-state index in [1.807, 2.05) is 25.3 Å². The number of aromatic nitrogens is 3. The van der Waals surface area contributed by atoms with Gasteiger partial charge in [0.05, 0.1) is 39.7 Å². The van der Waals surface area contributed by atoms with Crippen molar-refractivity contribution in [2.75, 3.05) is 0 Å². The van der Waals surface area contributed by atoms with Crippen molar-refractivity contribution in [2.45, 2.75) is 39.2 Å². The lowest BCUT2D eigenvalue weighted by atomic mass is 10.1. The number of nitrogens with zero attached hydrogens (tertiary/aromatic N) is 3. The first-order valence-corrected chi connectivity index (χ1v) is 8.95. The molecule has 4 rings (SSSR count). The first-order chi connectivity index (χ1) is 11.6. The number of benzene rings is 1. The summed E-state index contributed by atoms with van der Waals surface area (Å²) in [6.45, 7) is 4.32. The minimum Gasteiger partial charge on any atom is -0.346 e. The molecule has 0 aliphatic heterocycles. The van der Waals surface area contributed by atoms with Gasteiger partial charge in [0.25, 0.3) is 5.91 Å². The quantitative estimate of drug-likeness (QED) is 0.790. The standard InChI is InChI=1S/C18H18N4OS/c1-10-11(2)21-16-7-13(5-6-15(16)20-10)17(23)19-8-14-9-24-18(22-14)12-3-4-12/h5-7,9,12H,3-4,8H2,1-2H3,(H,19,23). The largest absolute Gasteiger partial charge is 0.346 e. The van der Waals surface area contributed by atoms with Crippen LogP contribution < -0.4 is 5.32 Å². The number of carbonyl (C=O) groups excluding carboxylic acids is 1. The first-order valence-electron chi connectivity index (χ1n) is 8.07. The van der Waals surface area contributed by atoms with Gasteiger partial charge in [0.15, 0.2) is 0 Å². The van der Waals surface area contributed by atoms with Crippen LogP contribution in [0, 0.1) is 13.8 Å². The number of amides is 1. The maximum absolute atomic E-state index is 12.4. The summed E-state index contributed by atoms with van der Waals surface area (Å²) in [7, 11) is 0. The Morgan fingerprint density at radius 3 is 2.67 bits per heavy atom. The van der Waals surface area contributed by atoms with Crippen LogP contribution in [-0.4, -0.2) is 20.9 Å². The molecule has 2 heterocycles. The van der Waals surface area contributed by atoms with Crippen LogP contribution in [0.1, 0.15) is 51.2 Å². The highest BCUT2D eigenvalue weighted by atomic mass is 32.1. The number of thiazole rings is 1. The highest BCUT2D eigenvalue weighted by Gasteiger charge is 2.26. The van der Waals surface area contributed by atoms with E-state index in [1.54, 1.807) is 23.5 Å². The van der Waals surface area contributed by atoms with Crippen LogP contribution in [-0.2, 0) is 6.54 Å². The van der Waals surface area contributed by atoms with Gasteiger partial charge in [0, 0.05) is 16.9 Å². The summed E-state index contributed by atoms with van der Waals surface area (Å²) >= 11 is 1.69. The van der Waals surface area contributed by atoms with Crippen molar-refractivity contribution < 1.29 is 4.79 Å². The number of fused-ring (bicyclic) bond motifs is 1. The molecule has 0 atom stereocenters.